The Morgan fingerprint density at radius 3 is 2.67 bits per heavy atom. The van der Waals surface area contributed by atoms with Crippen LogP contribution < -0.4 is 5.73 Å². The van der Waals surface area contributed by atoms with E-state index in [9.17, 15) is 9.59 Å². The standard InChI is InChI=1S/C13H18N2O3/c1-9-4-5-11(14)10(8-9)13(17)15(2)7-6-12(16)18-3/h4-5,8H,6-7,14H2,1-3H3. The Hall–Kier alpha value is -2.04. The highest BCUT2D eigenvalue weighted by Crippen LogP contribution is 2.15. The number of ether oxygens (including phenoxy) is 1. The van der Waals surface area contributed by atoms with E-state index in [0.29, 0.717) is 17.8 Å². The fourth-order valence-electron chi connectivity index (χ4n) is 1.52. The number of nitrogen functional groups attached to an aromatic ring is 1. The number of methoxy groups -OCH3 is 1. The van der Waals surface area contributed by atoms with Crippen LogP contribution in [0.3, 0.4) is 0 Å². The highest BCUT2D eigenvalue weighted by molar-refractivity contribution is 5.99. The molecule has 5 heteroatoms. The molecule has 1 rings (SSSR count). The number of carbonyl (C=O) groups is 2. The Bertz CT molecular complexity index is 458. The van der Waals surface area contributed by atoms with Crippen LogP contribution in [-0.4, -0.2) is 37.5 Å². The minimum absolute atomic E-state index is 0.171. The molecule has 2 N–H and O–H groups in total. The molecule has 0 bridgehead atoms. The number of hydrogen-bond donors (Lipinski definition) is 1. The second kappa shape index (κ2) is 6.05. The van der Waals surface area contributed by atoms with E-state index in [1.807, 2.05) is 13.0 Å². The van der Waals surface area contributed by atoms with Gasteiger partial charge in [-0.15, -0.1) is 0 Å². The van der Waals surface area contributed by atoms with Crippen LogP contribution in [0.15, 0.2) is 18.2 Å². The maximum atomic E-state index is 12.1. The van der Waals surface area contributed by atoms with Crippen LogP contribution in [0.2, 0.25) is 0 Å². The summed E-state index contributed by atoms with van der Waals surface area (Å²) in [6.45, 7) is 2.20. The lowest BCUT2D eigenvalue weighted by molar-refractivity contribution is -0.140. The summed E-state index contributed by atoms with van der Waals surface area (Å²) >= 11 is 0. The molecule has 0 fully saturated rings. The summed E-state index contributed by atoms with van der Waals surface area (Å²) in [4.78, 5) is 24.6. The maximum Gasteiger partial charge on any atom is 0.307 e. The number of nitrogens with zero attached hydrogens (tertiary/aromatic N) is 1. The quantitative estimate of drug-likeness (QED) is 0.644. The van der Waals surface area contributed by atoms with Crippen LogP contribution in [-0.2, 0) is 9.53 Å². The molecule has 0 spiro atoms. The highest BCUT2D eigenvalue weighted by Gasteiger charge is 2.15. The van der Waals surface area contributed by atoms with Gasteiger partial charge in [-0.3, -0.25) is 9.59 Å². The molecule has 0 aliphatic heterocycles. The third kappa shape index (κ3) is 3.48. The molecule has 1 aromatic carbocycles. The van der Waals surface area contributed by atoms with Crippen LogP contribution in [0.4, 0.5) is 5.69 Å². The molecule has 1 aromatic rings. The number of benzene rings is 1. The maximum absolute atomic E-state index is 12.1. The molecule has 0 aliphatic rings. The van der Waals surface area contributed by atoms with Crippen LogP contribution >= 0.6 is 0 Å². The Morgan fingerprint density at radius 1 is 1.39 bits per heavy atom. The highest BCUT2D eigenvalue weighted by atomic mass is 16.5. The molecular weight excluding hydrogens is 232 g/mol. The monoisotopic (exact) mass is 250 g/mol. The zero-order valence-electron chi connectivity index (χ0n) is 10.9. The van der Waals surface area contributed by atoms with Crippen molar-refractivity contribution in [3.05, 3.63) is 29.3 Å². The fraction of sp³-hybridized carbons (Fsp3) is 0.385. The van der Waals surface area contributed by atoms with E-state index in [-0.39, 0.29) is 18.3 Å². The van der Waals surface area contributed by atoms with E-state index in [2.05, 4.69) is 4.74 Å². The lowest BCUT2D eigenvalue weighted by atomic mass is 10.1. The van der Waals surface area contributed by atoms with Crippen molar-refractivity contribution in [2.24, 2.45) is 0 Å². The minimum Gasteiger partial charge on any atom is -0.469 e. The van der Waals surface area contributed by atoms with E-state index in [1.54, 1.807) is 19.2 Å². The predicted molar refractivity (Wildman–Crippen MR) is 69.2 cm³/mol. The number of anilines is 1. The van der Waals surface area contributed by atoms with E-state index in [4.69, 9.17) is 5.73 Å². The molecule has 0 aromatic heterocycles. The zero-order chi connectivity index (χ0) is 13.7. The van der Waals surface area contributed by atoms with Crippen molar-refractivity contribution in [3.63, 3.8) is 0 Å². The van der Waals surface area contributed by atoms with E-state index in [0.717, 1.165) is 5.56 Å². The van der Waals surface area contributed by atoms with Crippen molar-refractivity contribution in [1.82, 2.24) is 4.90 Å². The van der Waals surface area contributed by atoms with Crippen molar-refractivity contribution < 1.29 is 14.3 Å². The molecule has 0 saturated carbocycles. The topological polar surface area (TPSA) is 72.6 Å². The molecule has 5 nitrogen and oxygen atoms in total. The van der Waals surface area contributed by atoms with E-state index in [1.165, 1.54) is 12.0 Å². The lowest BCUT2D eigenvalue weighted by Crippen LogP contribution is -2.29. The summed E-state index contributed by atoms with van der Waals surface area (Å²) in [5.41, 5.74) is 7.64. The zero-order valence-corrected chi connectivity index (χ0v) is 10.9. The normalized spacial score (nSPS) is 9.94. The van der Waals surface area contributed by atoms with Gasteiger partial charge in [-0.2, -0.15) is 0 Å². The summed E-state index contributed by atoms with van der Waals surface area (Å²) < 4.78 is 4.53. The second-order valence-corrected chi connectivity index (χ2v) is 4.14. The number of hydrogen-bond acceptors (Lipinski definition) is 4. The van der Waals surface area contributed by atoms with Gasteiger partial charge in [0.2, 0.25) is 0 Å². The van der Waals surface area contributed by atoms with Gasteiger partial charge in [-0.25, -0.2) is 0 Å². The van der Waals surface area contributed by atoms with Crippen molar-refractivity contribution in [1.29, 1.82) is 0 Å². The number of aryl methyl sites for hydroxylation is 1. The molecule has 18 heavy (non-hydrogen) atoms. The first-order valence-electron chi connectivity index (χ1n) is 5.64. The van der Waals surface area contributed by atoms with Gasteiger partial charge in [0.05, 0.1) is 19.1 Å². The van der Waals surface area contributed by atoms with Crippen molar-refractivity contribution in [2.75, 3.05) is 26.4 Å². The first-order valence-corrected chi connectivity index (χ1v) is 5.64. The molecule has 0 saturated heterocycles. The van der Waals surface area contributed by atoms with Gasteiger partial charge in [0.1, 0.15) is 0 Å². The first-order chi connectivity index (χ1) is 8.45. The third-order valence-electron chi connectivity index (χ3n) is 2.66. The van der Waals surface area contributed by atoms with Crippen LogP contribution in [0.5, 0.6) is 0 Å². The van der Waals surface area contributed by atoms with Crippen molar-refractivity contribution in [2.45, 2.75) is 13.3 Å². The summed E-state index contributed by atoms with van der Waals surface area (Å²) in [5.74, 6) is -0.535. The summed E-state index contributed by atoms with van der Waals surface area (Å²) in [7, 11) is 2.95. The lowest BCUT2D eigenvalue weighted by Gasteiger charge is -2.17. The van der Waals surface area contributed by atoms with Gasteiger partial charge in [0.25, 0.3) is 5.91 Å². The first kappa shape index (κ1) is 14.0. The van der Waals surface area contributed by atoms with Crippen LogP contribution in [0.1, 0.15) is 22.3 Å². The molecule has 0 heterocycles. The molecule has 0 radical (unpaired) electrons. The Balaban J connectivity index is 2.74. The number of nitrogens with two attached hydrogens (primary N) is 1. The minimum atomic E-state index is -0.341. The van der Waals surface area contributed by atoms with Gasteiger partial charge >= 0.3 is 5.97 Å². The molecule has 98 valence electrons. The summed E-state index contributed by atoms with van der Waals surface area (Å²) in [5, 5.41) is 0. The van der Waals surface area contributed by atoms with Crippen molar-refractivity contribution in [3.8, 4) is 0 Å². The Labute approximate surface area is 107 Å². The van der Waals surface area contributed by atoms with E-state index >= 15 is 0 Å². The third-order valence-corrected chi connectivity index (χ3v) is 2.66. The van der Waals surface area contributed by atoms with Crippen molar-refractivity contribution >= 4 is 17.6 Å². The number of esters is 1. The second-order valence-electron chi connectivity index (χ2n) is 4.14. The molecule has 0 aliphatic carbocycles. The average Bonchev–Trinajstić information content (AvgIpc) is 2.37. The Kier molecular flexibility index (Phi) is 4.71. The molecular formula is C13H18N2O3. The van der Waals surface area contributed by atoms with E-state index < -0.39 is 0 Å². The molecule has 0 unspecified atom stereocenters. The predicted octanol–water partition coefficient (Wildman–Crippen LogP) is 1.21. The van der Waals surface area contributed by atoms with Crippen LogP contribution in [0, 0.1) is 6.92 Å². The molecule has 1 amide bonds. The molecule has 0 atom stereocenters. The largest absolute Gasteiger partial charge is 0.469 e. The fourth-order valence-corrected chi connectivity index (χ4v) is 1.52. The van der Waals surface area contributed by atoms with Crippen LogP contribution in [0.25, 0.3) is 0 Å². The van der Waals surface area contributed by atoms with Gasteiger partial charge in [-0.1, -0.05) is 11.6 Å². The van der Waals surface area contributed by atoms with Gasteiger partial charge in [0.15, 0.2) is 0 Å². The number of amides is 1. The summed E-state index contributed by atoms with van der Waals surface area (Å²) in [6.07, 6.45) is 0.171. The SMILES string of the molecule is COC(=O)CCN(C)C(=O)c1cc(C)ccc1N. The summed E-state index contributed by atoms with van der Waals surface area (Å²) in [6, 6.07) is 5.30. The Morgan fingerprint density at radius 2 is 2.06 bits per heavy atom. The average molecular weight is 250 g/mol. The number of rotatable bonds is 4. The van der Waals surface area contributed by atoms with Gasteiger partial charge < -0.3 is 15.4 Å². The van der Waals surface area contributed by atoms with Gasteiger partial charge in [-0.05, 0) is 19.1 Å². The van der Waals surface area contributed by atoms with Gasteiger partial charge in [0, 0.05) is 19.3 Å². The number of carbonyl (C=O) groups excluding carboxylic acids is 2. The smallest absolute Gasteiger partial charge is 0.307 e.